The van der Waals surface area contributed by atoms with Crippen LogP contribution in [-0.2, 0) is 0 Å². The lowest BCUT2D eigenvalue weighted by Crippen LogP contribution is -2.40. The zero-order valence-electron chi connectivity index (χ0n) is 12.3. The normalized spacial score (nSPS) is 23.0. The third kappa shape index (κ3) is 2.93. The molecule has 110 valence electrons. The molecule has 1 aromatic carbocycles. The number of piperidine rings is 1. The Labute approximate surface area is 126 Å². The van der Waals surface area contributed by atoms with Gasteiger partial charge in [0.1, 0.15) is 12.4 Å². The number of nitriles is 1. The SMILES string of the molecule is N#Cc1cc(C=O)ccc1N1CCC(N2CCCCC2)C1. The second-order valence-electron chi connectivity index (χ2n) is 5.99. The van der Waals surface area contributed by atoms with Gasteiger partial charge in [-0.25, -0.2) is 0 Å². The number of hydrogen-bond acceptors (Lipinski definition) is 4. The highest BCUT2D eigenvalue weighted by atomic mass is 16.1. The van der Waals surface area contributed by atoms with Gasteiger partial charge in [0.15, 0.2) is 0 Å². The minimum atomic E-state index is 0.571. The second-order valence-corrected chi connectivity index (χ2v) is 5.99. The predicted octanol–water partition coefficient (Wildman–Crippen LogP) is 2.44. The van der Waals surface area contributed by atoms with Crippen molar-refractivity contribution in [3.8, 4) is 6.07 Å². The zero-order chi connectivity index (χ0) is 14.7. The van der Waals surface area contributed by atoms with Crippen LogP contribution in [-0.4, -0.2) is 43.4 Å². The van der Waals surface area contributed by atoms with Crippen molar-refractivity contribution in [3.05, 3.63) is 29.3 Å². The molecule has 0 aliphatic carbocycles. The van der Waals surface area contributed by atoms with Gasteiger partial charge >= 0.3 is 0 Å². The molecule has 2 saturated heterocycles. The van der Waals surface area contributed by atoms with Crippen molar-refractivity contribution in [3.63, 3.8) is 0 Å². The number of rotatable bonds is 3. The van der Waals surface area contributed by atoms with Gasteiger partial charge in [-0.15, -0.1) is 0 Å². The van der Waals surface area contributed by atoms with E-state index in [0.717, 1.165) is 25.1 Å². The molecule has 0 spiro atoms. The highest BCUT2D eigenvalue weighted by Gasteiger charge is 2.29. The van der Waals surface area contributed by atoms with Crippen LogP contribution in [0, 0.1) is 11.3 Å². The molecule has 1 atom stereocenters. The average Bonchev–Trinajstić information content (AvgIpc) is 3.04. The Morgan fingerprint density at radius 3 is 2.71 bits per heavy atom. The molecule has 4 nitrogen and oxygen atoms in total. The van der Waals surface area contributed by atoms with Crippen LogP contribution in [0.1, 0.15) is 41.6 Å². The number of nitrogens with zero attached hydrogens (tertiary/aromatic N) is 3. The van der Waals surface area contributed by atoms with E-state index in [-0.39, 0.29) is 0 Å². The summed E-state index contributed by atoms with van der Waals surface area (Å²) in [6.45, 7) is 4.42. The molecule has 2 aliphatic rings. The summed E-state index contributed by atoms with van der Waals surface area (Å²) >= 11 is 0. The van der Waals surface area contributed by atoms with Crippen molar-refractivity contribution >= 4 is 12.0 Å². The van der Waals surface area contributed by atoms with Crippen LogP contribution in [0.25, 0.3) is 0 Å². The quantitative estimate of drug-likeness (QED) is 0.799. The highest BCUT2D eigenvalue weighted by molar-refractivity contribution is 5.78. The summed E-state index contributed by atoms with van der Waals surface area (Å²) in [6, 6.07) is 8.25. The van der Waals surface area contributed by atoms with Crippen LogP contribution in [0.5, 0.6) is 0 Å². The van der Waals surface area contributed by atoms with Crippen molar-refractivity contribution in [2.75, 3.05) is 31.1 Å². The molecule has 3 rings (SSSR count). The minimum Gasteiger partial charge on any atom is -0.369 e. The first-order chi connectivity index (χ1) is 10.3. The Morgan fingerprint density at radius 1 is 1.19 bits per heavy atom. The number of carbonyl (C=O) groups excluding carboxylic acids is 1. The first kappa shape index (κ1) is 14.1. The molecular formula is C17H21N3O. The van der Waals surface area contributed by atoms with Gasteiger partial charge < -0.3 is 4.90 Å². The second kappa shape index (κ2) is 6.28. The number of aldehydes is 1. The number of anilines is 1. The van der Waals surface area contributed by atoms with E-state index in [4.69, 9.17) is 0 Å². The summed E-state index contributed by atoms with van der Waals surface area (Å²) in [5, 5.41) is 9.31. The van der Waals surface area contributed by atoms with Crippen molar-refractivity contribution in [1.82, 2.24) is 4.90 Å². The Kier molecular flexibility index (Phi) is 4.21. The average molecular weight is 283 g/mol. The fourth-order valence-electron chi connectivity index (χ4n) is 3.53. The van der Waals surface area contributed by atoms with Crippen molar-refractivity contribution in [2.24, 2.45) is 0 Å². The Balaban J connectivity index is 1.73. The molecule has 0 radical (unpaired) electrons. The fraction of sp³-hybridized carbons (Fsp3) is 0.529. The van der Waals surface area contributed by atoms with Gasteiger partial charge in [-0.05, 0) is 50.6 Å². The lowest BCUT2D eigenvalue weighted by molar-refractivity contribution is 0.112. The fourth-order valence-corrected chi connectivity index (χ4v) is 3.53. The molecule has 0 amide bonds. The standard InChI is InChI=1S/C17H21N3O/c18-11-15-10-14(13-21)4-5-17(15)20-9-6-16(12-20)19-7-2-1-3-8-19/h4-5,10,13,16H,1-3,6-9,12H2. The Morgan fingerprint density at radius 2 is 2.00 bits per heavy atom. The summed E-state index contributed by atoms with van der Waals surface area (Å²) in [5.41, 5.74) is 2.16. The molecule has 2 fully saturated rings. The summed E-state index contributed by atoms with van der Waals surface area (Å²) in [7, 11) is 0. The van der Waals surface area contributed by atoms with Crippen LogP contribution < -0.4 is 4.90 Å². The summed E-state index contributed by atoms with van der Waals surface area (Å²) in [5.74, 6) is 0. The van der Waals surface area contributed by atoms with E-state index in [0.29, 0.717) is 17.2 Å². The van der Waals surface area contributed by atoms with Crippen molar-refractivity contribution < 1.29 is 4.79 Å². The molecule has 21 heavy (non-hydrogen) atoms. The summed E-state index contributed by atoms with van der Waals surface area (Å²) in [6.07, 6.45) is 5.95. The van der Waals surface area contributed by atoms with E-state index in [2.05, 4.69) is 15.9 Å². The maximum Gasteiger partial charge on any atom is 0.150 e. The molecule has 2 aliphatic heterocycles. The van der Waals surface area contributed by atoms with Crippen molar-refractivity contribution in [1.29, 1.82) is 5.26 Å². The van der Waals surface area contributed by atoms with Gasteiger partial charge in [0.2, 0.25) is 0 Å². The van der Waals surface area contributed by atoms with E-state index >= 15 is 0 Å². The van der Waals surface area contributed by atoms with Gasteiger partial charge in [0.25, 0.3) is 0 Å². The van der Waals surface area contributed by atoms with E-state index < -0.39 is 0 Å². The topological polar surface area (TPSA) is 47.3 Å². The van der Waals surface area contributed by atoms with Gasteiger partial charge in [-0.2, -0.15) is 5.26 Å². The first-order valence-electron chi connectivity index (χ1n) is 7.80. The smallest absolute Gasteiger partial charge is 0.150 e. The molecule has 1 aromatic rings. The molecule has 2 heterocycles. The highest BCUT2D eigenvalue weighted by Crippen LogP contribution is 2.28. The maximum absolute atomic E-state index is 10.8. The molecule has 1 unspecified atom stereocenters. The molecule has 0 aromatic heterocycles. The predicted molar refractivity (Wildman–Crippen MR) is 82.6 cm³/mol. The molecular weight excluding hydrogens is 262 g/mol. The van der Waals surface area contributed by atoms with Crippen LogP contribution in [0.4, 0.5) is 5.69 Å². The van der Waals surface area contributed by atoms with Gasteiger partial charge in [0.05, 0.1) is 11.3 Å². The number of likely N-dealkylation sites (tertiary alicyclic amines) is 1. The third-order valence-corrected chi connectivity index (χ3v) is 4.69. The molecule has 0 bridgehead atoms. The van der Waals surface area contributed by atoms with E-state index in [1.165, 1.54) is 38.8 Å². The van der Waals surface area contributed by atoms with Gasteiger partial charge in [0, 0.05) is 24.7 Å². The van der Waals surface area contributed by atoms with Crippen LogP contribution in [0.3, 0.4) is 0 Å². The van der Waals surface area contributed by atoms with Gasteiger partial charge in [-0.3, -0.25) is 9.69 Å². The monoisotopic (exact) mass is 283 g/mol. The van der Waals surface area contributed by atoms with Gasteiger partial charge in [-0.1, -0.05) is 6.42 Å². The van der Waals surface area contributed by atoms with Crippen LogP contribution in [0.2, 0.25) is 0 Å². The summed E-state index contributed by atoms with van der Waals surface area (Å²) in [4.78, 5) is 15.7. The maximum atomic E-state index is 10.8. The Hall–Kier alpha value is -1.86. The Bertz CT molecular complexity index is 558. The minimum absolute atomic E-state index is 0.571. The lowest BCUT2D eigenvalue weighted by atomic mass is 10.1. The number of hydrogen-bond donors (Lipinski definition) is 0. The van der Waals surface area contributed by atoms with E-state index in [1.54, 1.807) is 12.1 Å². The molecule has 0 saturated carbocycles. The zero-order valence-corrected chi connectivity index (χ0v) is 12.3. The number of benzene rings is 1. The van der Waals surface area contributed by atoms with E-state index in [9.17, 15) is 10.1 Å². The first-order valence-corrected chi connectivity index (χ1v) is 7.80. The molecule has 4 heteroatoms. The van der Waals surface area contributed by atoms with E-state index in [1.807, 2.05) is 6.07 Å². The lowest BCUT2D eigenvalue weighted by Gasteiger charge is -2.32. The third-order valence-electron chi connectivity index (χ3n) is 4.69. The van der Waals surface area contributed by atoms with Crippen LogP contribution >= 0.6 is 0 Å². The number of carbonyl (C=O) groups is 1. The summed E-state index contributed by atoms with van der Waals surface area (Å²) < 4.78 is 0. The van der Waals surface area contributed by atoms with Crippen LogP contribution in [0.15, 0.2) is 18.2 Å². The molecule has 0 N–H and O–H groups in total. The van der Waals surface area contributed by atoms with Crippen molar-refractivity contribution in [2.45, 2.75) is 31.7 Å². The largest absolute Gasteiger partial charge is 0.369 e.